The third kappa shape index (κ3) is 2.08. The number of anilines is 2. The van der Waals surface area contributed by atoms with Gasteiger partial charge in [-0.25, -0.2) is 8.78 Å². The quantitative estimate of drug-likeness (QED) is 0.817. The van der Waals surface area contributed by atoms with Crippen LogP contribution in [0.2, 0.25) is 0 Å². The minimum absolute atomic E-state index is 0.277. The molecule has 92 valence electrons. The number of nitrogens with two attached hydrogens (primary N) is 1. The first-order valence-electron chi connectivity index (χ1n) is 6.17. The summed E-state index contributed by atoms with van der Waals surface area (Å²) in [6.07, 6.45) is 4.50. The molecule has 4 heteroatoms. The number of halogens is 2. The van der Waals surface area contributed by atoms with E-state index in [1.165, 1.54) is 18.9 Å². The number of nitrogen functional groups attached to an aromatic ring is 1. The molecule has 0 radical (unpaired) electrons. The van der Waals surface area contributed by atoms with Crippen LogP contribution in [0, 0.1) is 17.6 Å². The molecule has 2 N–H and O–H groups in total. The van der Waals surface area contributed by atoms with Gasteiger partial charge in [0.1, 0.15) is 0 Å². The minimum Gasteiger partial charge on any atom is -0.397 e. The van der Waals surface area contributed by atoms with Gasteiger partial charge in [-0.2, -0.15) is 0 Å². The van der Waals surface area contributed by atoms with E-state index in [9.17, 15) is 8.78 Å². The van der Waals surface area contributed by atoms with E-state index in [0.29, 0.717) is 17.6 Å². The normalized spacial score (nSPS) is 19.4. The number of hydrogen-bond acceptors (Lipinski definition) is 2. The maximum atomic E-state index is 13.9. The van der Waals surface area contributed by atoms with Crippen LogP contribution in [0.15, 0.2) is 12.1 Å². The van der Waals surface area contributed by atoms with E-state index < -0.39 is 11.6 Å². The van der Waals surface area contributed by atoms with Gasteiger partial charge in [-0.3, -0.25) is 0 Å². The van der Waals surface area contributed by atoms with Crippen LogP contribution >= 0.6 is 0 Å². The van der Waals surface area contributed by atoms with Crippen LogP contribution < -0.4 is 10.6 Å². The van der Waals surface area contributed by atoms with Crippen LogP contribution in [0.4, 0.5) is 20.2 Å². The Morgan fingerprint density at radius 3 is 2.47 bits per heavy atom. The van der Waals surface area contributed by atoms with E-state index in [4.69, 9.17) is 5.73 Å². The van der Waals surface area contributed by atoms with Crippen molar-refractivity contribution in [3.8, 4) is 0 Å². The summed E-state index contributed by atoms with van der Waals surface area (Å²) in [5.41, 5.74) is 6.43. The standard InChI is InChI=1S/C13H16F2N2/c14-10-5-6-11(16)13(12(10)15)17(9-3-4-9)7-8-1-2-8/h5-6,8-9H,1-4,7,16H2. The minimum atomic E-state index is -0.810. The topological polar surface area (TPSA) is 29.3 Å². The second kappa shape index (κ2) is 3.86. The van der Waals surface area contributed by atoms with Crippen molar-refractivity contribution in [1.82, 2.24) is 0 Å². The first-order valence-corrected chi connectivity index (χ1v) is 6.17. The van der Waals surface area contributed by atoms with Gasteiger partial charge in [-0.15, -0.1) is 0 Å². The summed E-state index contributed by atoms with van der Waals surface area (Å²) < 4.78 is 27.2. The molecule has 17 heavy (non-hydrogen) atoms. The van der Waals surface area contributed by atoms with E-state index in [1.54, 1.807) is 0 Å². The number of benzene rings is 1. The second-order valence-electron chi connectivity index (χ2n) is 5.13. The summed E-state index contributed by atoms with van der Waals surface area (Å²) in [7, 11) is 0. The van der Waals surface area contributed by atoms with Gasteiger partial charge in [-0.05, 0) is 43.7 Å². The molecule has 0 aliphatic heterocycles. The molecule has 1 aromatic rings. The summed E-state index contributed by atoms with van der Waals surface area (Å²) in [5, 5.41) is 0. The summed E-state index contributed by atoms with van der Waals surface area (Å²) in [5.74, 6) is -0.967. The molecule has 0 atom stereocenters. The molecule has 0 heterocycles. The molecule has 0 aromatic heterocycles. The summed E-state index contributed by atoms with van der Waals surface area (Å²) in [6, 6.07) is 2.90. The largest absolute Gasteiger partial charge is 0.397 e. The lowest BCUT2D eigenvalue weighted by Crippen LogP contribution is -2.30. The average molecular weight is 238 g/mol. The van der Waals surface area contributed by atoms with Gasteiger partial charge in [0, 0.05) is 12.6 Å². The van der Waals surface area contributed by atoms with Crippen molar-refractivity contribution < 1.29 is 8.78 Å². The van der Waals surface area contributed by atoms with Gasteiger partial charge in [0.2, 0.25) is 0 Å². The number of hydrogen-bond donors (Lipinski definition) is 1. The summed E-state index contributed by atoms with van der Waals surface area (Å²) in [6.45, 7) is 0.815. The van der Waals surface area contributed by atoms with Crippen LogP contribution in [0.5, 0.6) is 0 Å². The Bertz CT molecular complexity index is 439. The van der Waals surface area contributed by atoms with Crippen molar-refractivity contribution in [2.75, 3.05) is 17.2 Å². The lowest BCUT2D eigenvalue weighted by atomic mass is 10.2. The van der Waals surface area contributed by atoms with Crippen molar-refractivity contribution in [2.24, 2.45) is 5.92 Å². The highest BCUT2D eigenvalue weighted by molar-refractivity contribution is 5.69. The summed E-state index contributed by atoms with van der Waals surface area (Å²) >= 11 is 0. The number of nitrogens with zero attached hydrogens (tertiary/aromatic N) is 1. The molecule has 3 rings (SSSR count). The molecular weight excluding hydrogens is 222 g/mol. The highest BCUT2D eigenvalue weighted by atomic mass is 19.2. The Balaban J connectivity index is 1.95. The van der Waals surface area contributed by atoms with Gasteiger partial charge in [0.25, 0.3) is 0 Å². The van der Waals surface area contributed by atoms with Crippen LogP contribution in [-0.2, 0) is 0 Å². The van der Waals surface area contributed by atoms with Gasteiger partial charge >= 0.3 is 0 Å². The zero-order valence-electron chi connectivity index (χ0n) is 9.63. The molecule has 0 unspecified atom stereocenters. The molecule has 2 aliphatic rings. The molecule has 0 spiro atoms. The maximum Gasteiger partial charge on any atom is 0.184 e. The second-order valence-corrected chi connectivity index (χ2v) is 5.13. The third-order valence-electron chi connectivity index (χ3n) is 3.53. The molecule has 1 aromatic carbocycles. The van der Waals surface area contributed by atoms with Crippen LogP contribution in [-0.4, -0.2) is 12.6 Å². The van der Waals surface area contributed by atoms with Crippen LogP contribution in [0.25, 0.3) is 0 Å². The van der Waals surface area contributed by atoms with Crippen molar-refractivity contribution in [1.29, 1.82) is 0 Å². The molecule has 2 nitrogen and oxygen atoms in total. The average Bonchev–Trinajstić information content (AvgIpc) is 3.14. The fourth-order valence-corrected chi connectivity index (χ4v) is 2.23. The van der Waals surface area contributed by atoms with E-state index in [2.05, 4.69) is 0 Å². The zero-order chi connectivity index (χ0) is 12.0. The Hall–Kier alpha value is -1.32. The fraction of sp³-hybridized carbons (Fsp3) is 0.538. The monoisotopic (exact) mass is 238 g/mol. The van der Waals surface area contributed by atoms with Gasteiger partial charge in [-0.1, -0.05) is 0 Å². The summed E-state index contributed by atoms with van der Waals surface area (Å²) in [4.78, 5) is 1.98. The molecule has 0 bridgehead atoms. The van der Waals surface area contributed by atoms with Gasteiger partial charge in [0.05, 0.1) is 11.4 Å². The predicted octanol–water partition coefficient (Wildman–Crippen LogP) is 2.93. The van der Waals surface area contributed by atoms with Crippen molar-refractivity contribution in [2.45, 2.75) is 31.7 Å². The van der Waals surface area contributed by atoms with Gasteiger partial charge < -0.3 is 10.6 Å². The number of rotatable bonds is 4. The molecule has 2 saturated carbocycles. The first kappa shape index (κ1) is 10.8. The third-order valence-corrected chi connectivity index (χ3v) is 3.53. The smallest absolute Gasteiger partial charge is 0.184 e. The maximum absolute atomic E-state index is 13.9. The van der Waals surface area contributed by atoms with Gasteiger partial charge in [0.15, 0.2) is 11.6 Å². The first-order chi connectivity index (χ1) is 8.16. The lowest BCUT2D eigenvalue weighted by molar-refractivity contribution is 0.505. The van der Waals surface area contributed by atoms with E-state index in [-0.39, 0.29) is 5.69 Å². The van der Waals surface area contributed by atoms with Crippen molar-refractivity contribution in [3.63, 3.8) is 0 Å². The van der Waals surface area contributed by atoms with Crippen LogP contribution in [0.1, 0.15) is 25.7 Å². The highest BCUT2D eigenvalue weighted by Gasteiger charge is 2.36. The van der Waals surface area contributed by atoms with Crippen LogP contribution in [0.3, 0.4) is 0 Å². The van der Waals surface area contributed by atoms with E-state index in [1.807, 2.05) is 4.90 Å². The molecular formula is C13H16F2N2. The van der Waals surface area contributed by atoms with Crippen molar-refractivity contribution in [3.05, 3.63) is 23.8 Å². The van der Waals surface area contributed by atoms with E-state index in [0.717, 1.165) is 25.5 Å². The molecule has 2 fully saturated rings. The van der Waals surface area contributed by atoms with E-state index >= 15 is 0 Å². The Morgan fingerprint density at radius 2 is 1.88 bits per heavy atom. The Kier molecular flexibility index (Phi) is 2.45. The molecule has 0 saturated heterocycles. The molecule has 2 aliphatic carbocycles. The fourth-order valence-electron chi connectivity index (χ4n) is 2.23. The molecule has 0 amide bonds. The highest BCUT2D eigenvalue weighted by Crippen LogP contribution is 2.41. The Morgan fingerprint density at radius 1 is 1.18 bits per heavy atom. The predicted molar refractivity (Wildman–Crippen MR) is 63.9 cm³/mol. The SMILES string of the molecule is Nc1ccc(F)c(F)c1N(CC1CC1)C1CC1. The Labute approximate surface area is 99.4 Å². The van der Waals surface area contributed by atoms with Crippen molar-refractivity contribution >= 4 is 11.4 Å². The lowest BCUT2D eigenvalue weighted by Gasteiger charge is -2.26. The zero-order valence-corrected chi connectivity index (χ0v) is 9.63.